The number of rotatable bonds is 8. The van der Waals surface area contributed by atoms with Crippen molar-refractivity contribution in [3.8, 4) is 17.0 Å². The molecule has 2 N–H and O–H groups in total. The monoisotopic (exact) mass is 547 g/mol. The third-order valence-corrected chi connectivity index (χ3v) is 7.27. The highest BCUT2D eigenvalue weighted by Gasteiger charge is 2.21. The summed E-state index contributed by atoms with van der Waals surface area (Å²) in [7, 11) is 1.65. The van der Waals surface area contributed by atoms with Crippen LogP contribution in [-0.4, -0.2) is 51.3 Å². The minimum Gasteiger partial charge on any atom is -0.507 e. The van der Waals surface area contributed by atoms with Crippen molar-refractivity contribution in [1.82, 2.24) is 19.5 Å². The van der Waals surface area contributed by atoms with Gasteiger partial charge in [-0.25, -0.2) is 4.98 Å². The number of anilines is 1. The molecule has 8 heteroatoms. The highest BCUT2D eigenvalue weighted by molar-refractivity contribution is 9.10. The number of hydrogen-bond acceptors (Lipinski definition) is 6. The summed E-state index contributed by atoms with van der Waals surface area (Å²) in [5.74, 6) is 2.27. The van der Waals surface area contributed by atoms with Crippen LogP contribution in [-0.2, 0) is 11.3 Å². The molecular formula is C28H30BrN5O2. The van der Waals surface area contributed by atoms with Gasteiger partial charge in [0.2, 0.25) is 0 Å². The Morgan fingerprint density at radius 1 is 1.22 bits per heavy atom. The standard InChI is InChI=1S/C28H30BrN5O2/c1-19(36-2)22-11-9-20(10-12-22)17-33-13-5-6-21(18-33)15-30-27-14-25(23-7-3-4-8-26(23)35)32-28-24(29)16-31-34(27)28/h3-4,7-12,14,16,21,30,35H,1,5-6,13,15,17-18H2,2H3. The summed E-state index contributed by atoms with van der Waals surface area (Å²) in [5, 5.41) is 18.5. The van der Waals surface area contributed by atoms with Crippen LogP contribution in [0.3, 0.4) is 0 Å². The number of piperidine rings is 1. The maximum atomic E-state index is 10.4. The molecule has 36 heavy (non-hydrogen) atoms. The van der Waals surface area contributed by atoms with Gasteiger partial charge >= 0.3 is 0 Å². The second kappa shape index (κ2) is 10.7. The first kappa shape index (κ1) is 24.3. The van der Waals surface area contributed by atoms with Gasteiger partial charge in [-0.3, -0.25) is 4.90 Å². The molecule has 7 nitrogen and oxygen atoms in total. The molecule has 1 saturated heterocycles. The second-order valence-corrected chi connectivity index (χ2v) is 10.1. The van der Waals surface area contributed by atoms with Crippen molar-refractivity contribution in [2.24, 2.45) is 5.92 Å². The summed E-state index contributed by atoms with van der Waals surface area (Å²) >= 11 is 3.56. The van der Waals surface area contributed by atoms with Crippen LogP contribution >= 0.6 is 15.9 Å². The molecule has 0 amide bonds. The first-order valence-electron chi connectivity index (χ1n) is 12.1. The van der Waals surface area contributed by atoms with Gasteiger partial charge in [0.25, 0.3) is 0 Å². The van der Waals surface area contributed by atoms with Crippen LogP contribution in [0.5, 0.6) is 5.75 Å². The summed E-state index contributed by atoms with van der Waals surface area (Å²) in [6.45, 7) is 7.82. The third kappa shape index (κ3) is 5.24. The summed E-state index contributed by atoms with van der Waals surface area (Å²) in [5.41, 5.74) is 4.41. The molecule has 2 aromatic carbocycles. The summed E-state index contributed by atoms with van der Waals surface area (Å²) in [6, 6.07) is 17.7. The predicted octanol–water partition coefficient (Wildman–Crippen LogP) is 5.81. The molecule has 1 aliphatic rings. The van der Waals surface area contributed by atoms with Crippen LogP contribution in [0.1, 0.15) is 24.0 Å². The van der Waals surface area contributed by atoms with E-state index in [9.17, 15) is 5.11 Å². The molecule has 1 aliphatic heterocycles. The molecule has 2 aromatic heterocycles. The van der Waals surface area contributed by atoms with Gasteiger partial charge in [-0.2, -0.15) is 9.61 Å². The van der Waals surface area contributed by atoms with Crippen molar-refractivity contribution >= 4 is 33.2 Å². The van der Waals surface area contributed by atoms with Crippen molar-refractivity contribution < 1.29 is 9.84 Å². The van der Waals surface area contributed by atoms with E-state index in [1.54, 1.807) is 19.4 Å². The zero-order valence-corrected chi connectivity index (χ0v) is 21.9. The van der Waals surface area contributed by atoms with Crippen molar-refractivity contribution in [1.29, 1.82) is 0 Å². The summed E-state index contributed by atoms with van der Waals surface area (Å²) < 4.78 is 7.85. The van der Waals surface area contributed by atoms with E-state index in [-0.39, 0.29) is 5.75 Å². The van der Waals surface area contributed by atoms with E-state index in [2.05, 4.69) is 62.1 Å². The maximum Gasteiger partial charge on any atom is 0.172 e. The smallest absolute Gasteiger partial charge is 0.172 e. The molecule has 5 rings (SSSR count). The average molecular weight is 548 g/mol. The van der Waals surface area contributed by atoms with E-state index < -0.39 is 0 Å². The van der Waals surface area contributed by atoms with Gasteiger partial charge in [-0.05, 0) is 58.9 Å². The Morgan fingerprint density at radius 2 is 2.03 bits per heavy atom. The summed E-state index contributed by atoms with van der Waals surface area (Å²) in [6.07, 6.45) is 4.10. The molecule has 3 heterocycles. The van der Waals surface area contributed by atoms with Crippen LogP contribution < -0.4 is 5.32 Å². The number of hydrogen-bond donors (Lipinski definition) is 2. The lowest BCUT2D eigenvalue weighted by molar-refractivity contribution is 0.173. The number of phenols is 1. The quantitative estimate of drug-likeness (QED) is 0.271. The van der Waals surface area contributed by atoms with Gasteiger partial charge < -0.3 is 15.2 Å². The number of aromatic hydroxyl groups is 1. The van der Waals surface area contributed by atoms with Gasteiger partial charge in [0.15, 0.2) is 5.65 Å². The van der Waals surface area contributed by atoms with E-state index in [0.29, 0.717) is 28.6 Å². The molecule has 0 radical (unpaired) electrons. The van der Waals surface area contributed by atoms with Crippen molar-refractivity contribution in [3.05, 3.63) is 83.0 Å². The van der Waals surface area contributed by atoms with Crippen molar-refractivity contribution in [3.63, 3.8) is 0 Å². The molecule has 4 aromatic rings. The highest BCUT2D eigenvalue weighted by atomic mass is 79.9. The van der Waals surface area contributed by atoms with Gasteiger partial charge in [-0.1, -0.05) is 43.0 Å². The van der Waals surface area contributed by atoms with Gasteiger partial charge in [0.05, 0.1) is 23.5 Å². The first-order valence-corrected chi connectivity index (χ1v) is 12.9. The highest BCUT2D eigenvalue weighted by Crippen LogP contribution is 2.31. The number of benzene rings is 2. The van der Waals surface area contributed by atoms with Crippen LogP contribution in [0.4, 0.5) is 5.82 Å². The molecule has 1 atom stereocenters. The SMILES string of the molecule is C=C(OC)c1ccc(CN2CCCC(CNc3cc(-c4ccccc4O)nc4c(Br)cnn34)C2)cc1. The number of para-hydroxylation sites is 1. The normalized spacial score (nSPS) is 16.2. The Balaban J connectivity index is 1.28. The number of ether oxygens (including phenoxy) is 1. The number of aromatic nitrogens is 3. The number of nitrogens with one attached hydrogen (secondary N) is 1. The zero-order chi connectivity index (χ0) is 25.1. The second-order valence-electron chi connectivity index (χ2n) is 9.22. The molecule has 0 bridgehead atoms. The maximum absolute atomic E-state index is 10.4. The Kier molecular flexibility index (Phi) is 7.25. The van der Waals surface area contributed by atoms with Crippen LogP contribution in [0.15, 0.2) is 71.8 Å². The number of halogens is 1. The van der Waals surface area contributed by atoms with Crippen LogP contribution in [0.25, 0.3) is 22.7 Å². The molecule has 1 fully saturated rings. The van der Waals surface area contributed by atoms with Crippen molar-refractivity contribution in [2.45, 2.75) is 19.4 Å². The molecular weight excluding hydrogens is 518 g/mol. The molecule has 0 spiro atoms. The minimum atomic E-state index is 0.207. The third-order valence-electron chi connectivity index (χ3n) is 6.71. The molecule has 186 valence electrons. The number of methoxy groups -OCH3 is 1. The number of likely N-dealkylation sites (tertiary alicyclic amines) is 1. The topological polar surface area (TPSA) is 74.9 Å². The Hall–Kier alpha value is -3.36. The fourth-order valence-electron chi connectivity index (χ4n) is 4.77. The summed E-state index contributed by atoms with van der Waals surface area (Å²) in [4.78, 5) is 7.26. The largest absolute Gasteiger partial charge is 0.507 e. The van der Waals surface area contributed by atoms with Crippen LogP contribution in [0, 0.1) is 5.92 Å². The fourth-order valence-corrected chi connectivity index (χ4v) is 5.12. The van der Waals surface area contributed by atoms with Gasteiger partial charge in [0.1, 0.15) is 17.3 Å². The predicted molar refractivity (Wildman–Crippen MR) is 147 cm³/mol. The first-order chi connectivity index (χ1) is 17.5. The van der Waals surface area contributed by atoms with E-state index in [0.717, 1.165) is 42.0 Å². The lowest BCUT2D eigenvalue weighted by atomic mass is 9.97. The number of nitrogens with zero attached hydrogens (tertiary/aromatic N) is 4. The molecule has 0 saturated carbocycles. The van der Waals surface area contributed by atoms with Crippen molar-refractivity contribution in [2.75, 3.05) is 32.1 Å². The zero-order valence-electron chi connectivity index (χ0n) is 20.3. The Morgan fingerprint density at radius 3 is 2.81 bits per heavy atom. The lowest BCUT2D eigenvalue weighted by Crippen LogP contribution is -2.37. The van der Waals surface area contributed by atoms with E-state index in [1.165, 1.54) is 18.4 Å². The molecule has 1 unspecified atom stereocenters. The van der Waals surface area contributed by atoms with Gasteiger partial charge in [-0.15, -0.1) is 0 Å². The fraction of sp³-hybridized carbons (Fsp3) is 0.286. The number of phenolic OH excluding ortho intramolecular Hbond substituents is 1. The molecule has 0 aliphatic carbocycles. The Bertz CT molecular complexity index is 1370. The van der Waals surface area contributed by atoms with Gasteiger partial charge in [0, 0.05) is 36.8 Å². The van der Waals surface area contributed by atoms with E-state index in [4.69, 9.17) is 9.72 Å². The Labute approximate surface area is 219 Å². The van der Waals surface area contributed by atoms with Crippen LogP contribution in [0.2, 0.25) is 0 Å². The van der Waals surface area contributed by atoms with E-state index >= 15 is 0 Å². The van der Waals surface area contributed by atoms with E-state index in [1.807, 2.05) is 28.8 Å². The number of fused-ring (bicyclic) bond motifs is 1. The minimum absolute atomic E-state index is 0.207. The average Bonchev–Trinajstić information content (AvgIpc) is 3.28. The lowest BCUT2D eigenvalue weighted by Gasteiger charge is -2.33.